The lowest BCUT2D eigenvalue weighted by atomic mass is 9.65. The van der Waals surface area contributed by atoms with E-state index in [0.717, 1.165) is 17.3 Å². The fraction of sp³-hybridized carbons (Fsp3) is 1.00. The summed E-state index contributed by atoms with van der Waals surface area (Å²) >= 11 is 0. The number of rotatable bonds is 5. The summed E-state index contributed by atoms with van der Waals surface area (Å²) in [6, 6.07) is 0.686. The summed E-state index contributed by atoms with van der Waals surface area (Å²) in [5, 5.41) is 3.75. The molecule has 0 heterocycles. The normalized spacial score (nSPS) is 27.4. The zero-order chi connectivity index (χ0) is 10.2. The molecule has 82 valence electrons. The maximum atomic E-state index is 3.75. The van der Waals surface area contributed by atoms with Gasteiger partial charge in [0, 0.05) is 12.6 Å². The van der Waals surface area contributed by atoms with Crippen molar-refractivity contribution in [1.29, 1.82) is 0 Å². The molecule has 0 saturated heterocycles. The molecule has 2 aliphatic rings. The Morgan fingerprint density at radius 3 is 2.21 bits per heavy atom. The van der Waals surface area contributed by atoms with Gasteiger partial charge in [0.2, 0.25) is 0 Å². The fourth-order valence-corrected chi connectivity index (χ4v) is 2.66. The van der Waals surface area contributed by atoms with Crippen LogP contribution in [0.2, 0.25) is 0 Å². The third-order valence-corrected chi connectivity index (χ3v) is 4.57. The lowest BCUT2D eigenvalue weighted by molar-refractivity contribution is 0.0928. The van der Waals surface area contributed by atoms with E-state index < -0.39 is 0 Å². The van der Waals surface area contributed by atoms with Crippen molar-refractivity contribution in [1.82, 2.24) is 5.32 Å². The molecule has 2 saturated carbocycles. The molecule has 0 aromatic carbocycles. The van der Waals surface area contributed by atoms with Gasteiger partial charge >= 0.3 is 0 Å². The van der Waals surface area contributed by atoms with Crippen LogP contribution < -0.4 is 5.32 Å². The summed E-state index contributed by atoms with van der Waals surface area (Å²) < 4.78 is 0. The Morgan fingerprint density at radius 2 is 1.86 bits per heavy atom. The Labute approximate surface area is 88.7 Å². The van der Waals surface area contributed by atoms with Crippen molar-refractivity contribution in [2.75, 3.05) is 6.54 Å². The zero-order valence-electron chi connectivity index (χ0n) is 9.97. The van der Waals surface area contributed by atoms with E-state index in [9.17, 15) is 0 Å². The van der Waals surface area contributed by atoms with E-state index in [4.69, 9.17) is 0 Å². The standard InChI is InChI=1S/C13H25N/c1-10(2)11(3)14-9-13(7-4-8-13)12-5-6-12/h10-12,14H,4-9H2,1-3H3. The van der Waals surface area contributed by atoms with Gasteiger partial charge in [0.05, 0.1) is 0 Å². The molecule has 0 aromatic heterocycles. The van der Waals surface area contributed by atoms with Gasteiger partial charge in [0.25, 0.3) is 0 Å². The van der Waals surface area contributed by atoms with Gasteiger partial charge in [0.15, 0.2) is 0 Å². The summed E-state index contributed by atoms with van der Waals surface area (Å²) in [4.78, 5) is 0. The Bertz CT molecular complexity index is 189. The zero-order valence-corrected chi connectivity index (χ0v) is 9.97. The van der Waals surface area contributed by atoms with E-state index in [1.165, 1.54) is 38.6 Å². The quantitative estimate of drug-likeness (QED) is 0.710. The van der Waals surface area contributed by atoms with Crippen LogP contribution in [0.5, 0.6) is 0 Å². The van der Waals surface area contributed by atoms with Crippen LogP contribution in [0.15, 0.2) is 0 Å². The van der Waals surface area contributed by atoms with Crippen molar-refractivity contribution in [2.24, 2.45) is 17.3 Å². The molecule has 14 heavy (non-hydrogen) atoms. The van der Waals surface area contributed by atoms with Crippen LogP contribution in [0, 0.1) is 17.3 Å². The predicted molar refractivity (Wildman–Crippen MR) is 61.3 cm³/mol. The predicted octanol–water partition coefficient (Wildman–Crippen LogP) is 3.20. The average molecular weight is 195 g/mol. The maximum Gasteiger partial charge on any atom is 0.00619 e. The van der Waals surface area contributed by atoms with Gasteiger partial charge in [-0.2, -0.15) is 0 Å². The van der Waals surface area contributed by atoms with Crippen LogP contribution in [0.3, 0.4) is 0 Å². The van der Waals surface area contributed by atoms with Gasteiger partial charge < -0.3 is 5.32 Å². The first-order valence-corrected chi connectivity index (χ1v) is 6.37. The molecule has 1 N–H and O–H groups in total. The third kappa shape index (κ3) is 1.98. The molecule has 2 fully saturated rings. The summed E-state index contributed by atoms with van der Waals surface area (Å²) in [7, 11) is 0. The van der Waals surface area contributed by atoms with E-state index in [1.54, 1.807) is 0 Å². The summed E-state index contributed by atoms with van der Waals surface area (Å²) in [6.07, 6.45) is 7.49. The van der Waals surface area contributed by atoms with Crippen molar-refractivity contribution < 1.29 is 0 Å². The summed E-state index contributed by atoms with van der Waals surface area (Å²) in [6.45, 7) is 8.23. The molecule has 0 radical (unpaired) electrons. The van der Waals surface area contributed by atoms with Crippen LogP contribution in [-0.2, 0) is 0 Å². The molecule has 2 aliphatic carbocycles. The van der Waals surface area contributed by atoms with Gasteiger partial charge in [-0.05, 0) is 49.9 Å². The molecular weight excluding hydrogens is 170 g/mol. The van der Waals surface area contributed by atoms with E-state index in [0.29, 0.717) is 6.04 Å². The highest BCUT2D eigenvalue weighted by molar-refractivity contribution is 5.00. The molecule has 0 bridgehead atoms. The first-order valence-electron chi connectivity index (χ1n) is 6.37. The second kappa shape index (κ2) is 3.84. The number of hydrogen-bond donors (Lipinski definition) is 1. The van der Waals surface area contributed by atoms with Crippen LogP contribution in [-0.4, -0.2) is 12.6 Å². The van der Waals surface area contributed by atoms with Gasteiger partial charge in [-0.3, -0.25) is 0 Å². The second-order valence-electron chi connectivity index (χ2n) is 5.90. The first kappa shape index (κ1) is 10.5. The smallest absolute Gasteiger partial charge is 0.00619 e. The molecule has 1 nitrogen and oxygen atoms in total. The molecule has 0 aliphatic heterocycles. The summed E-state index contributed by atoms with van der Waals surface area (Å²) in [5.74, 6) is 1.86. The lowest BCUT2D eigenvalue weighted by Gasteiger charge is -2.43. The van der Waals surface area contributed by atoms with Crippen LogP contribution in [0.4, 0.5) is 0 Å². The minimum Gasteiger partial charge on any atom is -0.313 e. The Balaban J connectivity index is 1.78. The van der Waals surface area contributed by atoms with Crippen molar-refractivity contribution in [2.45, 2.75) is 58.9 Å². The Kier molecular flexibility index (Phi) is 2.88. The SMILES string of the molecule is CC(C)C(C)NCC1(C2CC2)CCC1. The molecule has 0 spiro atoms. The topological polar surface area (TPSA) is 12.0 Å². The minimum absolute atomic E-state index is 0.686. The minimum atomic E-state index is 0.686. The van der Waals surface area contributed by atoms with Gasteiger partial charge in [-0.25, -0.2) is 0 Å². The van der Waals surface area contributed by atoms with E-state index in [2.05, 4.69) is 26.1 Å². The largest absolute Gasteiger partial charge is 0.313 e. The number of hydrogen-bond acceptors (Lipinski definition) is 1. The maximum absolute atomic E-state index is 3.75. The monoisotopic (exact) mass is 195 g/mol. The Hall–Kier alpha value is -0.0400. The highest BCUT2D eigenvalue weighted by Crippen LogP contribution is 2.56. The van der Waals surface area contributed by atoms with Crippen molar-refractivity contribution in [3.63, 3.8) is 0 Å². The highest BCUT2D eigenvalue weighted by atomic mass is 14.9. The molecular formula is C13H25N. The lowest BCUT2D eigenvalue weighted by Crippen LogP contribution is -2.45. The van der Waals surface area contributed by atoms with Crippen LogP contribution >= 0.6 is 0 Å². The molecule has 0 amide bonds. The Morgan fingerprint density at radius 1 is 1.21 bits per heavy atom. The molecule has 1 atom stereocenters. The van der Waals surface area contributed by atoms with E-state index in [1.807, 2.05) is 0 Å². The number of nitrogens with one attached hydrogen (secondary N) is 1. The van der Waals surface area contributed by atoms with E-state index in [-0.39, 0.29) is 0 Å². The molecule has 1 unspecified atom stereocenters. The van der Waals surface area contributed by atoms with Crippen molar-refractivity contribution >= 4 is 0 Å². The van der Waals surface area contributed by atoms with E-state index >= 15 is 0 Å². The van der Waals surface area contributed by atoms with Crippen molar-refractivity contribution in [3.05, 3.63) is 0 Å². The second-order valence-corrected chi connectivity index (χ2v) is 5.90. The molecule has 0 aromatic rings. The molecule has 1 heteroatoms. The fourth-order valence-electron chi connectivity index (χ4n) is 2.66. The average Bonchev–Trinajstić information content (AvgIpc) is 2.85. The van der Waals surface area contributed by atoms with Gasteiger partial charge in [-0.15, -0.1) is 0 Å². The van der Waals surface area contributed by atoms with Gasteiger partial charge in [0.1, 0.15) is 0 Å². The highest BCUT2D eigenvalue weighted by Gasteiger charge is 2.48. The first-order chi connectivity index (χ1) is 6.64. The van der Waals surface area contributed by atoms with Gasteiger partial charge in [-0.1, -0.05) is 20.3 Å². The third-order valence-electron chi connectivity index (χ3n) is 4.57. The van der Waals surface area contributed by atoms with Crippen LogP contribution in [0.25, 0.3) is 0 Å². The van der Waals surface area contributed by atoms with Crippen molar-refractivity contribution in [3.8, 4) is 0 Å². The summed E-state index contributed by atoms with van der Waals surface area (Å²) in [5.41, 5.74) is 0.739. The molecule has 2 rings (SSSR count). The van der Waals surface area contributed by atoms with Crippen LogP contribution in [0.1, 0.15) is 52.9 Å².